The van der Waals surface area contributed by atoms with E-state index in [2.05, 4.69) is 20.8 Å². The summed E-state index contributed by atoms with van der Waals surface area (Å²) in [5.41, 5.74) is -0.435. The molecule has 0 aliphatic heterocycles. The van der Waals surface area contributed by atoms with Crippen molar-refractivity contribution in [1.29, 1.82) is 0 Å². The number of esters is 1. The minimum absolute atomic E-state index is 0.0505. The molecule has 0 radical (unpaired) electrons. The van der Waals surface area contributed by atoms with E-state index in [1.165, 1.54) is 0 Å². The van der Waals surface area contributed by atoms with Gasteiger partial charge in [-0.1, -0.05) is 27.7 Å². The maximum atomic E-state index is 12.5. The molecule has 0 aromatic rings. The lowest BCUT2D eigenvalue weighted by Crippen LogP contribution is -2.44. The summed E-state index contributed by atoms with van der Waals surface area (Å²) in [5, 5.41) is 0. The fourth-order valence-electron chi connectivity index (χ4n) is 2.86. The molecule has 0 bridgehead atoms. The van der Waals surface area contributed by atoms with Crippen LogP contribution in [0.2, 0.25) is 0 Å². The molecule has 0 rings (SSSR count). The standard InChI is InChI=1S/C17H35NO5S/c1-8-17(5,14-16(2,3)4)15(19)23-12-11-18(6,7)10-9-13-24(20,21)22/h8-14H2,1-7H3/p+1. The first-order valence-corrected chi connectivity index (χ1v) is 10.2. The summed E-state index contributed by atoms with van der Waals surface area (Å²) in [4.78, 5) is 12.5. The Labute approximate surface area is 147 Å². The first-order chi connectivity index (χ1) is 10.6. The van der Waals surface area contributed by atoms with Crippen LogP contribution in [0.25, 0.3) is 0 Å². The van der Waals surface area contributed by atoms with Crippen LogP contribution in [-0.4, -0.2) is 63.0 Å². The van der Waals surface area contributed by atoms with Crippen LogP contribution >= 0.6 is 0 Å². The summed E-state index contributed by atoms with van der Waals surface area (Å²) >= 11 is 0. The van der Waals surface area contributed by atoms with Crippen molar-refractivity contribution in [2.24, 2.45) is 10.8 Å². The molecule has 0 aliphatic carbocycles. The van der Waals surface area contributed by atoms with Gasteiger partial charge in [0, 0.05) is 6.42 Å². The van der Waals surface area contributed by atoms with E-state index in [-0.39, 0.29) is 17.1 Å². The monoisotopic (exact) mass is 366 g/mol. The lowest BCUT2D eigenvalue weighted by Gasteiger charge is -2.34. The predicted molar refractivity (Wildman–Crippen MR) is 96.3 cm³/mol. The molecule has 6 nitrogen and oxygen atoms in total. The van der Waals surface area contributed by atoms with E-state index in [1.54, 1.807) is 0 Å². The Morgan fingerprint density at radius 1 is 1.12 bits per heavy atom. The van der Waals surface area contributed by atoms with Gasteiger partial charge < -0.3 is 9.22 Å². The van der Waals surface area contributed by atoms with Crippen LogP contribution in [-0.2, 0) is 19.6 Å². The molecular weight excluding hydrogens is 330 g/mol. The van der Waals surface area contributed by atoms with Crippen LogP contribution in [0.3, 0.4) is 0 Å². The minimum atomic E-state index is -3.92. The Bertz CT molecular complexity index is 508. The molecule has 0 aromatic heterocycles. The molecular formula is C17H36NO5S+. The van der Waals surface area contributed by atoms with Crippen molar-refractivity contribution in [2.45, 2.75) is 53.9 Å². The average molecular weight is 367 g/mol. The van der Waals surface area contributed by atoms with Gasteiger partial charge in [0.1, 0.15) is 13.2 Å². The summed E-state index contributed by atoms with van der Waals surface area (Å²) in [6.45, 7) is 11.8. The van der Waals surface area contributed by atoms with Crippen molar-refractivity contribution >= 4 is 16.1 Å². The third-order valence-electron chi connectivity index (χ3n) is 4.29. The molecule has 0 heterocycles. The van der Waals surface area contributed by atoms with Crippen molar-refractivity contribution in [3.8, 4) is 0 Å². The summed E-state index contributed by atoms with van der Waals surface area (Å²) in [6.07, 6.45) is 1.87. The van der Waals surface area contributed by atoms with Crippen LogP contribution in [0.1, 0.15) is 53.9 Å². The van der Waals surface area contributed by atoms with Gasteiger partial charge in [0.15, 0.2) is 0 Å². The van der Waals surface area contributed by atoms with Crippen molar-refractivity contribution < 1.29 is 27.0 Å². The highest BCUT2D eigenvalue weighted by atomic mass is 32.2. The van der Waals surface area contributed by atoms with E-state index >= 15 is 0 Å². The molecule has 144 valence electrons. The molecule has 0 aromatic carbocycles. The molecule has 1 atom stereocenters. The zero-order valence-corrected chi connectivity index (χ0v) is 17.2. The summed E-state index contributed by atoms with van der Waals surface area (Å²) in [5.74, 6) is -0.411. The van der Waals surface area contributed by atoms with Crippen LogP contribution in [0, 0.1) is 10.8 Å². The third-order valence-corrected chi connectivity index (χ3v) is 5.09. The molecule has 0 spiro atoms. The van der Waals surface area contributed by atoms with Gasteiger partial charge in [-0.2, -0.15) is 8.42 Å². The average Bonchev–Trinajstić information content (AvgIpc) is 2.34. The highest BCUT2D eigenvalue weighted by Gasteiger charge is 2.37. The first kappa shape index (κ1) is 23.3. The molecule has 0 aliphatic rings. The van der Waals surface area contributed by atoms with Crippen molar-refractivity contribution in [3.63, 3.8) is 0 Å². The van der Waals surface area contributed by atoms with Crippen molar-refractivity contribution in [2.75, 3.05) is 39.5 Å². The van der Waals surface area contributed by atoms with Gasteiger partial charge in [0.05, 0.1) is 31.8 Å². The summed E-state index contributed by atoms with van der Waals surface area (Å²) < 4.78 is 36.3. The second-order valence-electron chi connectivity index (χ2n) is 8.81. The SMILES string of the molecule is CCC(C)(CC(C)(C)C)C(=O)OCC[N+](C)(C)CCCS(=O)(=O)O. The Kier molecular flexibility index (Phi) is 8.39. The Hall–Kier alpha value is -0.660. The second kappa shape index (κ2) is 8.63. The van der Waals surface area contributed by atoms with E-state index in [0.29, 0.717) is 30.6 Å². The van der Waals surface area contributed by atoms with Crippen LogP contribution in [0.5, 0.6) is 0 Å². The highest BCUT2D eigenvalue weighted by molar-refractivity contribution is 7.85. The van der Waals surface area contributed by atoms with E-state index in [0.717, 1.165) is 12.8 Å². The zero-order valence-electron chi connectivity index (χ0n) is 16.4. The normalized spacial score (nSPS) is 15.8. The Morgan fingerprint density at radius 3 is 2.08 bits per heavy atom. The molecule has 0 saturated heterocycles. The number of nitrogens with zero attached hydrogens (tertiary/aromatic N) is 1. The fraction of sp³-hybridized carbons (Fsp3) is 0.941. The highest BCUT2D eigenvalue weighted by Crippen LogP contribution is 2.37. The topological polar surface area (TPSA) is 80.7 Å². The second-order valence-corrected chi connectivity index (χ2v) is 10.4. The smallest absolute Gasteiger partial charge is 0.312 e. The fourth-order valence-corrected chi connectivity index (χ4v) is 3.35. The first-order valence-electron chi connectivity index (χ1n) is 8.55. The maximum absolute atomic E-state index is 12.5. The lowest BCUT2D eigenvalue weighted by atomic mass is 9.73. The molecule has 1 N–H and O–H groups in total. The van der Waals surface area contributed by atoms with Gasteiger partial charge in [-0.15, -0.1) is 0 Å². The zero-order chi connectivity index (χ0) is 19.2. The van der Waals surface area contributed by atoms with Crippen molar-refractivity contribution in [1.82, 2.24) is 0 Å². The summed E-state index contributed by atoms with van der Waals surface area (Å²) in [7, 11) is -0.0152. The predicted octanol–water partition coefficient (Wildman–Crippen LogP) is 2.74. The number of likely N-dealkylation sites (N-methyl/N-ethyl adjacent to an activating group) is 1. The summed E-state index contributed by atoms with van der Waals surface area (Å²) in [6, 6.07) is 0. The van der Waals surface area contributed by atoms with Gasteiger partial charge in [0.25, 0.3) is 10.1 Å². The molecule has 0 amide bonds. The number of carbonyl (C=O) groups excluding carboxylic acids is 1. The number of carbonyl (C=O) groups is 1. The van der Waals surface area contributed by atoms with Gasteiger partial charge in [0.2, 0.25) is 0 Å². The number of quaternary nitrogens is 1. The largest absolute Gasteiger partial charge is 0.459 e. The van der Waals surface area contributed by atoms with Gasteiger partial charge in [-0.05, 0) is 25.2 Å². The van der Waals surface area contributed by atoms with E-state index in [4.69, 9.17) is 9.29 Å². The number of hydrogen-bond donors (Lipinski definition) is 1. The minimum Gasteiger partial charge on any atom is -0.459 e. The molecule has 7 heteroatoms. The molecule has 24 heavy (non-hydrogen) atoms. The Balaban J connectivity index is 4.44. The third kappa shape index (κ3) is 10.3. The van der Waals surface area contributed by atoms with Crippen LogP contribution in [0.15, 0.2) is 0 Å². The van der Waals surface area contributed by atoms with Gasteiger partial charge in [-0.3, -0.25) is 9.35 Å². The van der Waals surface area contributed by atoms with Crippen LogP contribution < -0.4 is 0 Å². The van der Waals surface area contributed by atoms with Crippen LogP contribution in [0.4, 0.5) is 0 Å². The van der Waals surface area contributed by atoms with E-state index < -0.39 is 15.5 Å². The maximum Gasteiger partial charge on any atom is 0.312 e. The quantitative estimate of drug-likeness (QED) is 0.365. The van der Waals surface area contributed by atoms with E-state index in [9.17, 15) is 13.2 Å². The molecule has 0 fully saturated rings. The van der Waals surface area contributed by atoms with Gasteiger partial charge >= 0.3 is 5.97 Å². The van der Waals surface area contributed by atoms with E-state index in [1.807, 2.05) is 27.9 Å². The number of ether oxygens (including phenoxy) is 1. The number of rotatable bonds is 10. The molecule has 1 unspecified atom stereocenters. The molecule has 0 saturated carbocycles. The Morgan fingerprint density at radius 2 is 1.67 bits per heavy atom. The lowest BCUT2D eigenvalue weighted by molar-refractivity contribution is -0.890. The number of hydrogen-bond acceptors (Lipinski definition) is 4. The van der Waals surface area contributed by atoms with Gasteiger partial charge in [-0.25, -0.2) is 0 Å². The van der Waals surface area contributed by atoms with Crippen molar-refractivity contribution in [3.05, 3.63) is 0 Å².